The third kappa shape index (κ3) is 5.20. The maximum absolute atomic E-state index is 12.3. The summed E-state index contributed by atoms with van der Waals surface area (Å²) in [5.74, 6) is -0.357. The highest BCUT2D eigenvalue weighted by Gasteiger charge is 2.27. The summed E-state index contributed by atoms with van der Waals surface area (Å²) in [5.41, 5.74) is 0.942. The molecular formula is C20H23N3O5. The minimum atomic E-state index is -0.611. The van der Waals surface area contributed by atoms with Crippen molar-refractivity contribution in [3.8, 4) is 5.75 Å². The molecule has 0 bridgehead atoms. The molecule has 2 aromatic carbocycles. The lowest BCUT2D eigenvalue weighted by molar-refractivity contribution is -0.384. The summed E-state index contributed by atoms with van der Waals surface area (Å²) in [6.07, 6.45) is 3.62. The van der Waals surface area contributed by atoms with Crippen molar-refractivity contribution in [2.75, 3.05) is 5.32 Å². The summed E-state index contributed by atoms with van der Waals surface area (Å²) < 4.78 is 6.03. The Morgan fingerprint density at radius 2 is 1.93 bits per heavy atom. The second-order valence-corrected chi connectivity index (χ2v) is 6.78. The summed E-state index contributed by atoms with van der Waals surface area (Å²) >= 11 is 0. The van der Waals surface area contributed by atoms with Crippen molar-refractivity contribution in [2.45, 2.75) is 44.4 Å². The molecule has 0 spiro atoms. The lowest BCUT2D eigenvalue weighted by atomic mass is 9.92. The number of phenolic OH excluding ortho intramolecular Hbond substituents is 1. The first-order chi connectivity index (χ1) is 13.5. The van der Waals surface area contributed by atoms with Crippen LogP contribution in [0.5, 0.6) is 5.75 Å². The van der Waals surface area contributed by atoms with E-state index in [1.165, 1.54) is 12.1 Å². The predicted molar refractivity (Wildman–Crippen MR) is 104 cm³/mol. The van der Waals surface area contributed by atoms with Gasteiger partial charge in [0.05, 0.1) is 35.4 Å². The molecule has 28 heavy (non-hydrogen) atoms. The highest BCUT2D eigenvalue weighted by molar-refractivity contribution is 5.91. The van der Waals surface area contributed by atoms with Gasteiger partial charge in [-0.05, 0) is 24.5 Å². The molecule has 0 heterocycles. The molecule has 8 heteroatoms. The zero-order valence-electron chi connectivity index (χ0n) is 15.3. The zero-order chi connectivity index (χ0) is 19.9. The molecule has 0 aliphatic heterocycles. The molecule has 1 aliphatic carbocycles. The number of rotatable bonds is 6. The fourth-order valence-corrected chi connectivity index (χ4v) is 3.31. The Hall–Kier alpha value is -3.13. The smallest absolute Gasteiger partial charge is 0.319 e. The Kier molecular flexibility index (Phi) is 6.44. The summed E-state index contributed by atoms with van der Waals surface area (Å²) in [6, 6.07) is 12.8. The summed E-state index contributed by atoms with van der Waals surface area (Å²) in [6.45, 7) is 0.481. The minimum Gasteiger partial charge on any atom is -0.506 e. The molecule has 2 aromatic rings. The second kappa shape index (κ2) is 9.18. The van der Waals surface area contributed by atoms with E-state index in [2.05, 4.69) is 10.6 Å². The maximum Gasteiger partial charge on any atom is 0.319 e. The van der Waals surface area contributed by atoms with Gasteiger partial charge in [-0.25, -0.2) is 4.79 Å². The van der Waals surface area contributed by atoms with Gasteiger partial charge in [-0.1, -0.05) is 43.2 Å². The van der Waals surface area contributed by atoms with E-state index < -0.39 is 11.0 Å². The van der Waals surface area contributed by atoms with E-state index in [1.807, 2.05) is 30.3 Å². The van der Waals surface area contributed by atoms with Gasteiger partial charge in [-0.3, -0.25) is 10.1 Å². The van der Waals surface area contributed by atoms with Crippen LogP contribution < -0.4 is 10.6 Å². The number of nitrogens with one attached hydrogen (secondary N) is 2. The molecule has 2 unspecified atom stereocenters. The van der Waals surface area contributed by atoms with Gasteiger partial charge in [-0.2, -0.15) is 0 Å². The molecule has 1 fully saturated rings. The van der Waals surface area contributed by atoms with E-state index in [4.69, 9.17) is 4.74 Å². The Bertz CT molecular complexity index is 828. The number of nitrogens with zero attached hydrogens (tertiary/aromatic N) is 1. The van der Waals surface area contributed by atoms with Gasteiger partial charge in [0.25, 0.3) is 5.69 Å². The van der Waals surface area contributed by atoms with E-state index in [-0.39, 0.29) is 29.3 Å². The van der Waals surface area contributed by atoms with Crippen LogP contribution in [-0.2, 0) is 11.3 Å². The summed E-state index contributed by atoms with van der Waals surface area (Å²) in [4.78, 5) is 22.5. The van der Waals surface area contributed by atoms with Gasteiger partial charge >= 0.3 is 6.03 Å². The van der Waals surface area contributed by atoms with Gasteiger partial charge in [0.2, 0.25) is 0 Å². The number of carbonyl (C=O) groups excluding carboxylic acids is 1. The molecule has 3 rings (SSSR count). The number of phenols is 1. The molecule has 0 saturated heterocycles. The number of nitro groups is 1. The number of nitro benzene ring substituents is 1. The topological polar surface area (TPSA) is 114 Å². The Balaban J connectivity index is 1.57. The number of amides is 2. The minimum absolute atomic E-state index is 0.0924. The Morgan fingerprint density at radius 3 is 2.64 bits per heavy atom. The van der Waals surface area contributed by atoms with Gasteiger partial charge in [0.15, 0.2) is 0 Å². The Labute approximate surface area is 162 Å². The molecule has 1 aliphatic rings. The number of hydrogen-bond donors (Lipinski definition) is 3. The monoisotopic (exact) mass is 385 g/mol. The van der Waals surface area contributed by atoms with Crippen molar-refractivity contribution in [1.82, 2.24) is 5.32 Å². The van der Waals surface area contributed by atoms with Crippen LogP contribution in [0.15, 0.2) is 48.5 Å². The van der Waals surface area contributed by atoms with Crippen LogP contribution in [0.1, 0.15) is 31.2 Å². The standard InChI is InChI=1S/C20H23N3O5/c24-18-12-15(23(26)27)10-11-16(18)21-20(25)22-17-8-4-5-9-19(17)28-13-14-6-2-1-3-7-14/h1-3,6-7,10-12,17,19,24H,4-5,8-9,13H2,(H2,21,22,25). The lowest BCUT2D eigenvalue weighted by Gasteiger charge is -2.32. The van der Waals surface area contributed by atoms with Crippen LogP contribution in [0.4, 0.5) is 16.2 Å². The average molecular weight is 385 g/mol. The van der Waals surface area contributed by atoms with Crippen LogP contribution >= 0.6 is 0 Å². The van der Waals surface area contributed by atoms with Crippen molar-refractivity contribution in [1.29, 1.82) is 0 Å². The molecule has 8 nitrogen and oxygen atoms in total. The molecule has 2 amide bonds. The molecule has 0 radical (unpaired) electrons. The predicted octanol–water partition coefficient (Wildman–Crippen LogP) is 3.95. The third-order valence-electron chi connectivity index (χ3n) is 4.77. The molecule has 0 aromatic heterocycles. The van der Waals surface area contributed by atoms with Gasteiger partial charge in [-0.15, -0.1) is 0 Å². The van der Waals surface area contributed by atoms with E-state index in [9.17, 15) is 20.0 Å². The first kappa shape index (κ1) is 19.6. The first-order valence-corrected chi connectivity index (χ1v) is 9.23. The fourth-order valence-electron chi connectivity index (χ4n) is 3.31. The van der Waals surface area contributed by atoms with Crippen molar-refractivity contribution in [3.63, 3.8) is 0 Å². The number of hydrogen-bond acceptors (Lipinski definition) is 5. The molecular weight excluding hydrogens is 362 g/mol. The summed E-state index contributed by atoms with van der Waals surface area (Å²) in [5, 5.41) is 26.1. The number of non-ortho nitro benzene ring substituents is 1. The van der Waals surface area contributed by atoms with E-state index in [1.54, 1.807) is 0 Å². The molecule has 2 atom stereocenters. The quantitative estimate of drug-likeness (QED) is 0.396. The second-order valence-electron chi connectivity index (χ2n) is 6.78. The van der Waals surface area contributed by atoms with Crippen molar-refractivity contribution < 1.29 is 19.6 Å². The van der Waals surface area contributed by atoms with E-state index in [0.717, 1.165) is 37.3 Å². The molecule has 1 saturated carbocycles. The first-order valence-electron chi connectivity index (χ1n) is 9.23. The largest absolute Gasteiger partial charge is 0.506 e. The lowest BCUT2D eigenvalue weighted by Crippen LogP contribution is -2.47. The number of carbonyl (C=O) groups is 1. The van der Waals surface area contributed by atoms with Crippen LogP contribution in [0.2, 0.25) is 0 Å². The van der Waals surface area contributed by atoms with E-state index >= 15 is 0 Å². The zero-order valence-corrected chi connectivity index (χ0v) is 15.3. The van der Waals surface area contributed by atoms with Crippen molar-refractivity contribution >= 4 is 17.4 Å². The molecule has 148 valence electrons. The van der Waals surface area contributed by atoms with Gasteiger partial charge in [0, 0.05) is 6.07 Å². The number of anilines is 1. The van der Waals surface area contributed by atoms with Crippen molar-refractivity contribution in [3.05, 3.63) is 64.2 Å². The van der Waals surface area contributed by atoms with Crippen LogP contribution in [0.3, 0.4) is 0 Å². The van der Waals surface area contributed by atoms with Gasteiger partial charge in [0.1, 0.15) is 5.75 Å². The number of urea groups is 1. The number of ether oxygens (including phenoxy) is 1. The normalized spacial score (nSPS) is 19.0. The summed E-state index contributed by atoms with van der Waals surface area (Å²) in [7, 11) is 0. The van der Waals surface area contributed by atoms with Crippen molar-refractivity contribution in [2.24, 2.45) is 0 Å². The fraction of sp³-hybridized carbons (Fsp3) is 0.350. The maximum atomic E-state index is 12.3. The number of aromatic hydroxyl groups is 1. The van der Waals surface area contributed by atoms with Gasteiger partial charge < -0.3 is 20.5 Å². The van der Waals surface area contributed by atoms with Crippen LogP contribution in [0, 0.1) is 10.1 Å². The number of benzene rings is 2. The highest BCUT2D eigenvalue weighted by atomic mass is 16.6. The Morgan fingerprint density at radius 1 is 1.18 bits per heavy atom. The highest BCUT2D eigenvalue weighted by Crippen LogP contribution is 2.28. The van der Waals surface area contributed by atoms with E-state index in [0.29, 0.717) is 6.61 Å². The van der Waals surface area contributed by atoms with Crippen LogP contribution in [-0.4, -0.2) is 28.2 Å². The molecule has 3 N–H and O–H groups in total. The average Bonchev–Trinajstić information content (AvgIpc) is 2.69. The van der Waals surface area contributed by atoms with Crippen LogP contribution in [0.25, 0.3) is 0 Å². The third-order valence-corrected chi connectivity index (χ3v) is 4.77. The SMILES string of the molecule is O=C(Nc1ccc([N+](=O)[O-])cc1O)NC1CCCCC1OCc1ccccc1.